The lowest BCUT2D eigenvalue weighted by atomic mass is 10.1. The minimum atomic E-state index is 0.637. The number of nitrogens with zero attached hydrogens (tertiary/aromatic N) is 5. The van der Waals surface area contributed by atoms with E-state index in [0.29, 0.717) is 17.5 Å². The van der Waals surface area contributed by atoms with Crippen LogP contribution in [0, 0.1) is 0 Å². The summed E-state index contributed by atoms with van der Waals surface area (Å²) in [6.07, 6.45) is 0. The zero-order chi connectivity index (χ0) is 37.5. The first kappa shape index (κ1) is 31.9. The Labute approximate surface area is 331 Å². The van der Waals surface area contributed by atoms with Crippen molar-refractivity contribution in [1.29, 1.82) is 0 Å². The molecule has 266 valence electrons. The van der Waals surface area contributed by atoms with E-state index in [9.17, 15) is 0 Å². The molecule has 0 unspecified atom stereocenters. The molecule has 0 radical (unpaired) electrons. The smallest absolute Gasteiger partial charge is 0.164 e. The SMILES string of the molecule is c1ccc(-c2nc(-c3ccccc3)nc(-c3ccc(-n4c5ccccc5c5cc6c7ccc8c9ccccc9sc8c7n(-c7ccccc7)c6cc54)cc3)n2)cc1. The zero-order valence-electron chi connectivity index (χ0n) is 30.5. The number of aromatic nitrogens is 5. The largest absolute Gasteiger partial charge is 0.309 e. The molecule has 0 aliphatic heterocycles. The van der Waals surface area contributed by atoms with Crippen LogP contribution in [0.15, 0.2) is 188 Å². The van der Waals surface area contributed by atoms with Crippen LogP contribution in [0.1, 0.15) is 0 Å². The van der Waals surface area contributed by atoms with Crippen LogP contribution in [0.25, 0.3) is 109 Å². The van der Waals surface area contributed by atoms with Crippen molar-refractivity contribution < 1.29 is 0 Å². The van der Waals surface area contributed by atoms with E-state index in [-0.39, 0.29) is 0 Å². The maximum Gasteiger partial charge on any atom is 0.164 e. The summed E-state index contributed by atoms with van der Waals surface area (Å²) in [6, 6.07) is 66.6. The Bertz CT molecular complexity index is 3430. The molecule has 57 heavy (non-hydrogen) atoms. The molecule has 0 atom stereocenters. The van der Waals surface area contributed by atoms with Gasteiger partial charge in [-0.3, -0.25) is 0 Å². The predicted octanol–water partition coefficient (Wildman–Crippen LogP) is 13.4. The first-order chi connectivity index (χ1) is 28.3. The third-order valence-corrected chi connectivity index (χ3v) is 12.4. The molecule has 4 aromatic heterocycles. The van der Waals surface area contributed by atoms with Gasteiger partial charge in [0.25, 0.3) is 0 Å². The Morgan fingerprint density at radius 3 is 1.53 bits per heavy atom. The molecule has 0 saturated heterocycles. The van der Waals surface area contributed by atoms with Gasteiger partial charge in [-0.25, -0.2) is 15.0 Å². The summed E-state index contributed by atoms with van der Waals surface area (Å²) in [5.74, 6) is 1.94. The van der Waals surface area contributed by atoms with Crippen LogP contribution < -0.4 is 0 Å². The van der Waals surface area contributed by atoms with Crippen molar-refractivity contribution >= 4 is 75.1 Å². The van der Waals surface area contributed by atoms with Gasteiger partial charge in [0.15, 0.2) is 17.5 Å². The van der Waals surface area contributed by atoms with Gasteiger partial charge in [0.2, 0.25) is 0 Å². The molecule has 0 aliphatic carbocycles. The molecule has 0 amide bonds. The number of thiophene rings is 1. The Balaban J connectivity index is 1.08. The fraction of sp³-hybridized carbons (Fsp3) is 0. The molecule has 0 spiro atoms. The van der Waals surface area contributed by atoms with Gasteiger partial charge < -0.3 is 9.13 Å². The second kappa shape index (κ2) is 12.6. The minimum absolute atomic E-state index is 0.637. The van der Waals surface area contributed by atoms with Gasteiger partial charge in [-0.05, 0) is 60.7 Å². The first-order valence-corrected chi connectivity index (χ1v) is 19.9. The normalized spacial score (nSPS) is 11.9. The van der Waals surface area contributed by atoms with E-state index in [1.807, 2.05) is 72.0 Å². The highest BCUT2D eigenvalue weighted by Gasteiger charge is 2.21. The summed E-state index contributed by atoms with van der Waals surface area (Å²) < 4.78 is 7.49. The van der Waals surface area contributed by atoms with E-state index in [1.54, 1.807) is 0 Å². The lowest BCUT2D eigenvalue weighted by Crippen LogP contribution is -2.00. The summed E-state index contributed by atoms with van der Waals surface area (Å²) >= 11 is 1.88. The van der Waals surface area contributed by atoms with Crippen LogP contribution >= 0.6 is 11.3 Å². The molecule has 4 heterocycles. The number of benzene rings is 8. The zero-order valence-corrected chi connectivity index (χ0v) is 31.4. The summed E-state index contributed by atoms with van der Waals surface area (Å²) in [5.41, 5.74) is 9.80. The number of rotatable bonds is 5. The fourth-order valence-corrected chi connectivity index (χ4v) is 9.80. The van der Waals surface area contributed by atoms with Crippen LogP contribution in [0.5, 0.6) is 0 Å². The highest BCUT2D eigenvalue weighted by atomic mass is 32.1. The Kier molecular flexibility index (Phi) is 7.03. The molecule has 12 aromatic rings. The average Bonchev–Trinajstić information content (AvgIpc) is 3.94. The van der Waals surface area contributed by atoms with Crippen molar-refractivity contribution in [3.8, 4) is 45.5 Å². The molecule has 0 fully saturated rings. The van der Waals surface area contributed by atoms with E-state index in [0.717, 1.165) is 39.1 Å². The minimum Gasteiger partial charge on any atom is -0.309 e. The van der Waals surface area contributed by atoms with Gasteiger partial charge in [-0.2, -0.15) is 0 Å². The molecule has 5 nitrogen and oxygen atoms in total. The molecule has 8 aromatic carbocycles. The second-order valence-corrected chi connectivity index (χ2v) is 15.5. The van der Waals surface area contributed by atoms with E-state index < -0.39 is 0 Å². The summed E-state index contributed by atoms with van der Waals surface area (Å²) in [7, 11) is 0. The lowest BCUT2D eigenvalue weighted by Gasteiger charge is -2.11. The molecule has 0 bridgehead atoms. The van der Waals surface area contributed by atoms with Crippen LogP contribution in [-0.2, 0) is 0 Å². The fourth-order valence-electron chi connectivity index (χ4n) is 8.56. The van der Waals surface area contributed by atoms with E-state index in [4.69, 9.17) is 15.0 Å². The Hall–Kier alpha value is -7.41. The monoisotopic (exact) mass is 745 g/mol. The quantitative estimate of drug-likeness (QED) is 0.176. The maximum atomic E-state index is 4.99. The van der Waals surface area contributed by atoms with Crippen molar-refractivity contribution in [1.82, 2.24) is 24.1 Å². The second-order valence-electron chi connectivity index (χ2n) is 14.4. The number of hydrogen-bond acceptors (Lipinski definition) is 4. The molecule has 0 saturated carbocycles. The standard InChI is InChI=1S/C51H31N5S/c1-4-14-32(15-5-1)49-52-50(33-16-6-2-7-17-33)54-51(53-49)34-24-26-36(27-25-34)55-43-22-12-10-20-37(43)41-30-42-39-28-29-40-38-21-11-13-23-46(38)57-48(40)47(39)56(45(42)31-44(41)55)35-18-8-3-9-19-35/h1-31H. The molecule has 12 rings (SSSR count). The molecule has 0 N–H and O–H groups in total. The molecular formula is C51H31N5S. The number of fused-ring (bicyclic) bond motifs is 10. The van der Waals surface area contributed by atoms with Crippen molar-refractivity contribution in [2.24, 2.45) is 0 Å². The Morgan fingerprint density at radius 2 is 0.842 bits per heavy atom. The van der Waals surface area contributed by atoms with Gasteiger partial charge in [-0.1, -0.05) is 127 Å². The summed E-state index contributed by atoms with van der Waals surface area (Å²) in [6.45, 7) is 0. The van der Waals surface area contributed by atoms with Gasteiger partial charge in [0.05, 0.1) is 26.8 Å². The van der Waals surface area contributed by atoms with Crippen molar-refractivity contribution in [2.45, 2.75) is 0 Å². The van der Waals surface area contributed by atoms with Crippen LogP contribution in [0.2, 0.25) is 0 Å². The van der Waals surface area contributed by atoms with Crippen LogP contribution in [0.3, 0.4) is 0 Å². The van der Waals surface area contributed by atoms with Crippen molar-refractivity contribution in [3.05, 3.63) is 188 Å². The van der Waals surface area contributed by atoms with E-state index >= 15 is 0 Å². The van der Waals surface area contributed by atoms with Crippen molar-refractivity contribution in [2.75, 3.05) is 0 Å². The van der Waals surface area contributed by atoms with Crippen LogP contribution in [-0.4, -0.2) is 24.1 Å². The lowest BCUT2D eigenvalue weighted by molar-refractivity contribution is 1.07. The first-order valence-electron chi connectivity index (χ1n) is 19.1. The Morgan fingerprint density at radius 1 is 0.333 bits per heavy atom. The van der Waals surface area contributed by atoms with E-state index in [1.165, 1.54) is 52.8 Å². The van der Waals surface area contributed by atoms with Crippen molar-refractivity contribution in [3.63, 3.8) is 0 Å². The predicted molar refractivity (Wildman–Crippen MR) is 238 cm³/mol. The topological polar surface area (TPSA) is 48.5 Å². The maximum absolute atomic E-state index is 4.99. The number of hydrogen-bond donors (Lipinski definition) is 0. The third kappa shape index (κ3) is 4.98. The summed E-state index contributed by atoms with van der Waals surface area (Å²) in [5, 5.41) is 7.56. The van der Waals surface area contributed by atoms with E-state index in [2.05, 4.69) is 137 Å². The average molecular weight is 746 g/mol. The van der Waals surface area contributed by atoms with Gasteiger partial charge in [0, 0.05) is 65.1 Å². The molecular weight excluding hydrogens is 715 g/mol. The number of para-hydroxylation sites is 2. The van der Waals surface area contributed by atoms with Gasteiger partial charge in [-0.15, -0.1) is 11.3 Å². The van der Waals surface area contributed by atoms with Gasteiger partial charge >= 0.3 is 0 Å². The van der Waals surface area contributed by atoms with Crippen LogP contribution in [0.4, 0.5) is 0 Å². The highest BCUT2D eigenvalue weighted by Crippen LogP contribution is 2.45. The third-order valence-electron chi connectivity index (χ3n) is 11.2. The van der Waals surface area contributed by atoms with Gasteiger partial charge in [0.1, 0.15) is 0 Å². The highest BCUT2D eigenvalue weighted by molar-refractivity contribution is 7.26. The summed E-state index contributed by atoms with van der Waals surface area (Å²) in [4.78, 5) is 14.9. The molecule has 6 heteroatoms. The molecule has 0 aliphatic rings.